The third-order valence-electron chi connectivity index (χ3n) is 3.42. The molecule has 0 spiro atoms. The fraction of sp³-hybridized carbons (Fsp3) is 0.471. The van der Waals surface area contributed by atoms with Gasteiger partial charge < -0.3 is 4.74 Å². The van der Waals surface area contributed by atoms with Crippen LogP contribution in [0.2, 0.25) is 0 Å². The SMILES string of the molecule is CCC[C@H](N[C@@H](C)C(=O)Sc1nc2ccccc2s1)C(=O)OCC. The zero-order valence-electron chi connectivity index (χ0n) is 14.1. The molecule has 130 valence electrons. The van der Waals surface area contributed by atoms with E-state index in [-0.39, 0.29) is 11.1 Å². The molecule has 5 nitrogen and oxygen atoms in total. The van der Waals surface area contributed by atoms with E-state index in [0.29, 0.717) is 13.0 Å². The number of benzene rings is 1. The highest BCUT2D eigenvalue weighted by molar-refractivity contribution is 8.15. The van der Waals surface area contributed by atoms with Crippen molar-refractivity contribution in [3.63, 3.8) is 0 Å². The van der Waals surface area contributed by atoms with E-state index in [9.17, 15) is 9.59 Å². The molecule has 0 radical (unpaired) electrons. The predicted molar refractivity (Wildman–Crippen MR) is 98.4 cm³/mol. The third kappa shape index (κ3) is 5.03. The van der Waals surface area contributed by atoms with Crippen LogP contribution < -0.4 is 5.32 Å². The number of para-hydroxylation sites is 1. The van der Waals surface area contributed by atoms with Gasteiger partial charge in [-0.1, -0.05) is 25.5 Å². The van der Waals surface area contributed by atoms with Gasteiger partial charge in [0.2, 0.25) is 5.12 Å². The Morgan fingerprint density at radius 3 is 2.75 bits per heavy atom. The van der Waals surface area contributed by atoms with Crippen molar-refractivity contribution in [2.45, 2.75) is 50.0 Å². The number of hydrogen-bond donors (Lipinski definition) is 1. The third-order valence-corrected chi connectivity index (χ3v) is 5.57. The molecule has 0 saturated carbocycles. The highest BCUT2D eigenvalue weighted by Crippen LogP contribution is 2.30. The number of rotatable bonds is 8. The van der Waals surface area contributed by atoms with Crippen LogP contribution in [-0.4, -0.2) is 34.8 Å². The topological polar surface area (TPSA) is 68.3 Å². The Hall–Kier alpha value is -1.44. The summed E-state index contributed by atoms with van der Waals surface area (Å²) in [6, 6.07) is 6.89. The number of thiazole rings is 1. The van der Waals surface area contributed by atoms with Gasteiger partial charge in [-0.2, -0.15) is 0 Å². The fourth-order valence-electron chi connectivity index (χ4n) is 2.24. The number of thioether (sulfide) groups is 1. The number of esters is 1. The van der Waals surface area contributed by atoms with Gasteiger partial charge >= 0.3 is 5.97 Å². The minimum atomic E-state index is -0.456. The van der Waals surface area contributed by atoms with Gasteiger partial charge in [0.25, 0.3) is 0 Å². The van der Waals surface area contributed by atoms with Crippen LogP contribution in [0.3, 0.4) is 0 Å². The van der Waals surface area contributed by atoms with Crippen molar-refractivity contribution in [3.8, 4) is 0 Å². The Labute approximate surface area is 150 Å². The second kappa shape index (κ2) is 9.15. The molecule has 0 fully saturated rings. The highest BCUT2D eigenvalue weighted by Gasteiger charge is 2.25. The molecule has 0 bridgehead atoms. The number of nitrogens with one attached hydrogen (secondary N) is 1. The molecule has 0 amide bonds. The van der Waals surface area contributed by atoms with E-state index in [1.165, 1.54) is 11.3 Å². The van der Waals surface area contributed by atoms with Crippen molar-refractivity contribution < 1.29 is 14.3 Å². The second-order valence-corrected chi connectivity index (χ2v) is 7.63. The molecule has 1 heterocycles. The molecule has 1 aromatic heterocycles. The summed E-state index contributed by atoms with van der Waals surface area (Å²) in [5, 5.41) is 3.03. The van der Waals surface area contributed by atoms with E-state index in [2.05, 4.69) is 10.3 Å². The maximum absolute atomic E-state index is 12.4. The van der Waals surface area contributed by atoms with E-state index in [0.717, 1.165) is 32.7 Å². The predicted octanol–water partition coefficient (Wildman–Crippen LogP) is 3.62. The van der Waals surface area contributed by atoms with Crippen LogP contribution in [0.15, 0.2) is 28.6 Å². The molecule has 0 unspecified atom stereocenters. The van der Waals surface area contributed by atoms with Crippen molar-refractivity contribution in [1.82, 2.24) is 10.3 Å². The van der Waals surface area contributed by atoms with Crippen molar-refractivity contribution in [2.75, 3.05) is 6.61 Å². The zero-order valence-corrected chi connectivity index (χ0v) is 15.7. The standard InChI is InChI=1S/C17H22N2O3S2/c1-4-8-13(15(20)22-5-2)18-11(3)16(21)24-17-19-12-9-6-7-10-14(12)23-17/h6-7,9-11,13,18H,4-5,8H2,1-3H3/t11-,13-/m0/s1. The minimum Gasteiger partial charge on any atom is -0.465 e. The van der Waals surface area contributed by atoms with Gasteiger partial charge in [-0.25, -0.2) is 4.98 Å². The van der Waals surface area contributed by atoms with Gasteiger partial charge in [0.15, 0.2) is 4.34 Å². The Balaban J connectivity index is 1.98. The van der Waals surface area contributed by atoms with Gasteiger partial charge in [-0.3, -0.25) is 14.9 Å². The number of fused-ring (bicyclic) bond motifs is 1. The van der Waals surface area contributed by atoms with Crippen LogP contribution in [0.5, 0.6) is 0 Å². The molecule has 0 aliphatic rings. The van der Waals surface area contributed by atoms with Crippen molar-refractivity contribution in [3.05, 3.63) is 24.3 Å². The summed E-state index contributed by atoms with van der Waals surface area (Å²) < 4.78 is 6.85. The maximum atomic E-state index is 12.4. The first-order chi connectivity index (χ1) is 11.5. The van der Waals surface area contributed by atoms with Crippen LogP contribution in [0.25, 0.3) is 10.2 Å². The van der Waals surface area contributed by atoms with E-state index < -0.39 is 12.1 Å². The summed E-state index contributed by atoms with van der Waals surface area (Å²) in [5.74, 6) is -0.302. The lowest BCUT2D eigenvalue weighted by molar-refractivity contribution is -0.146. The molecular weight excluding hydrogens is 344 g/mol. The van der Waals surface area contributed by atoms with Gasteiger partial charge in [-0.05, 0) is 44.2 Å². The van der Waals surface area contributed by atoms with E-state index in [1.807, 2.05) is 31.2 Å². The fourth-order valence-corrected chi connectivity index (χ4v) is 4.18. The number of carbonyl (C=O) groups excluding carboxylic acids is 2. The van der Waals surface area contributed by atoms with Crippen molar-refractivity contribution in [2.24, 2.45) is 0 Å². The average molecular weight is 367 g/mol. The first-order valence-electron chi connectivity index (χ1n) is 8.05. The molecule has 0 saturated heterocycles. The van der Waals surface area contributed by atoms with Crippen molar-refractivity contribution >= 4 is 44.4 Å². The number of carbonyl (C=O) groups is 2. The monoisotopic (exact) mass is 366 g/mol. The molecule has 2 rings (SSSR count). The molecule has 7 heteroatoms. The summed E-state index contributed by atoms with van der Waals surface area (Å²) >= 11 is 2.61. The normalized spacial score (nSPS) is 13.6. The second-order valence-electron chi connectivity index (χ2n) is 5.35. The molecule has 1 aromatic carbocycles. The lowest BCUT2D eigenvalue weighted by Crippen LogP contribution is -2.45. The maximum Gasteiger partial charge on any atom is 0.323 e. The number of aromatic nitrogens is 1. The Morgan fingerprint density at radius 2 is 2.08 bits per heavy atom. The first kappa shape index (κ1) is 18.9. The zero-order chi connectivity index (χ0) is 17.5. The number of ether oxygens (including phenoxy) is 1. The molecular formula is C17H22N2O3S2. The smallest absolute Gasteiger partial charge is 0.323 e. The summed E-state index contributed by atoms with van der Waals surface area (Å²) in [5.41, 5.74) is 0.897. The first-order valence-corrected chi connectivity index (χ1v) is 9.68. The number of nitrogens with zero attached hydrogens (tertiary/aromatic N) is 1. The highest BCUT2D eigenvalue weighted by atomic mass is 32.2. The van der Waals surface area contributed by atoms with Gasteiger partial charge in [-0.15, -0.1) is 11.3 Å². The van der Waals surface area contributed by atoms with Gasteiger partial charge in [0, 0.05) is 0 Å². The minimum absolute atomic E-state index is 0.0561. The molecule has 2 aromatic rings. The van der Waals surface area contributed by atoms with Crippen molar-refractivity contribution in [1.29, 1.82) is 0 Å². The molecule has 0 aliphatic heterocycles. The summed E-state index contributed by atoms with van der Waals surface area (Å²) in [6.07, 6.45) is 1.48. The average Bonchev–Trinajstić information content (AvgIpc) is 2.96. The quantitative estimate of drug-likeness (QED) is 0.568. The van der Waals surface area contributed by atoms with E-state index in [1.54, 1.807) is 13.8 Å². The van der Waals surface area contributed by atoms with E-state index in [4.69, 9.17) is 4.74 Å². The van der Waals surface area contributed by atoms with Gasteiger partial charge in [0.1, 0.15) is 6.04 Å². The Morgan fingerprint density at radius 1 is 1.33 bits per heavy atom. The lowest BCUT2D eigenvalue weighted by Gasteiger charge is -2.20. The summed E-state index contributed by atoms with van der Waals surface area (Å²) in [4.78, 5) is 28.8. The van der Waals surface area contributed by atoms with Crippen LogP contribution in [0.1, 0.15) is 33.6 Å². The molecule has 2 atom stereocenters. The Kier molecular flexibility index (Phi) is 7.20. The summed E-state index contributed by atoms with van der Waals surface area (Å²) in [6.45, 7) is 5.88. The van der Waals surface area contributed by atoms with E-state index >= 15 is 0 Å². The molecule has 24 heavy (non-hydrogen) atoms. The van der Waals surface area contributed by atoms with Crippen LogP contribution in [0.4, 0.5) is 0 Å². The van der Waals surface area contributed by atoms with Crippen LogP contribution in [-0.2, 0) is 14.3 Å². The summed E-state index contributed by atoms with van der Waals surface area (Å²) in [7, 11) is 0. The van der Waals surface area contributed by atoms with Gasteiger partial charge in [0.05, 0.1) is 22.9 Å². The number of hydrogen-bond acceptors (Lipinski definition) is 7. The van der Waals surface area contributed by atoms with Crippen LogP contribution in [0, 0.1) is 0 Å². The lowest BCUT2D eigenvalue weighted by atomic mass is 10.1. The molecule has 1 N–H and O–H groups in total. The van der Waals surface area contributed by atoms with Crippen LogP contribution >= 0.6 is 23.1 Å². The Bertz CT molecular complexity index is 669. The largest absolute Gasteiger partial charge is 0.465 e. The molecule has 0 aliphatic carbocycles.